The van der Waals surface area contributed by atoms with Crippen LogP contribution in [0.3, 0.4) is 0 Å². The molecule has 0 saturated carbocycles. The number of rotatable bonds is 0. The predicted molar refractivity (Wildman–Crippen MR) is 35.3 cm³/mol. The third-order valence-electron chi connectivity index (χ3n) is 0.852. The minimum Gasteiger partial charge on any atom is -0.505 e. The molecule has 0 aliphatic heterocycles. The Kier molecular flexibility index (Phi) is 3.02. The summed E-state index contributed by atoms with van der Waals surface area (Å²) in [7, 11) is 0. The molecule has 1 nitrogen and oxygen atoms in total. The Labute approximate surface area is 58.5 Å². The Hall–Kier alpha value is -0.760. The van der Waals surface area contributed by atoms with E-state index in [1.165, 1.54) is 18.2 Å². The van der Waals surface area contributed by atoms with Crippen LogP contribution in [-0.4, -0.2) is 5.11 Å². The summed E-state index contributed by atoms with van der Waals surface area (Å²) in [6, 6.07) is 5.60. The highest BCUT2D eigenvalue weighted by atomic mass is 35.5. The van der Waals surface area contributed by atoms with Crippen molar-refractivity contribution in [2.45, 2.75) is 0 Å². The average Bonchev–Trinajstić information content (AvgIpc) is 1.77. The minimum absolute atomic E-state index is 0. The zero-order valence-electron chi connectivity index (χ0n) is 4.54. The van der Waals surface area contributed by atoms with Gasteiger partial charge in [0.05, 0.1) is 0 Å². The highest BCUT2D eigenvalue weighted by Gasteiger charge is 1.91. The Morgan fingerprint density at radius 1 is 1.22 bits per heavy atom. The molecule has 1 N–H and O–H groups in total. The third kappa shape index (κ3) is 1.90. The van der Waals surface area contributed by atoms with Crippen LogP contribution in [0.1, 0.15) is 0 Å². The van der Waals surface area contributed by atoms with Crippen LogP contribution in [-0.2, 0) is 0 Å². The van der Waals surface area contributed by atoms with Crippen LogP contribution in [0.2, 0.25) is 0 Å². The van der Waals surface area contributed by atoms with Crippen molar-refractivity contribution in [2.75, 3.05) is 0 Å². The van der Waals surface area contributed by atoms with E-state index in [4.69, 9.17) is 5.11 Å². The van der Waals surface area contributed by atoms with Gasteiger partial charge in [-0.05, 0) is 12.1 Å². The van der Waals surface area contributed by atoms with E-state index in [-0.39, 0.29) is 18.2 Å². The molecule has 0 atom stereocenters. The zero-order chi connectivity index (χ0) is 5.98. The predicted octanol–water partition coefficient (Wildman–Crippen LogP) is 1.95. The second-order valence-electron chi connectivity index (χ2n) is 1.45. The molecule has 0 unspecified atom stereocenters. The molecule has 3 heteroatoms. The summed E-state index contributed by atoms with van der Waals surface area (Å²) in [4.78, 5) is 0. The van der Waals surface area contributed by atoms with E-state index in [1.54, 1.807) is 6.07 Å². The van der Waals surface area contributed by atoms with Crippen molar-refractivity contribution in [1.29, 1.82) is 0 Å². The van der Waals surface area contributed by atoms with Gasteiger partial charge in [0, 0.05) is 0 Å². The normalized spacial score (nSPS) is 8.11. The van der Waals surface area contributed by atoms with Gasteiger partial charge < -0.3 is 5.11 Å². The van der Waals surface area contributed by atoms with Crippen molar-refractivity contribution in [2.24, 2.45) is 0 Å². The number of phenols is 1. The number of para-hydroxylation sites is 1. The van der Waals surface area contributed by atoms with Crippen molar-refractivity contribution in [1.82, 2.24) is 0 Å². The Balaban J connectivity index is 0.000000640. The molecular formula is C6H6ClFO. The van der Waals surface area contributed by atoms with Crippen LogP contribution in [0.4, 0.5) is 4.39 Å². The van der Waals surface area contributed by atoms with Crippen molar-refractivity contribution in [3.8, 4) is 5.75 Å². The SMILES string of the molecule is Cl.Oc1ccccc1F. The third-order valence-corrected chi connectivity index (χ3v) is 0.852. The first-order chi connectivity index (χ1) is 3.80. The molecule has 0 aliphatic carbocycles. The maximum absolute atomic E-state index is 12.1. The van der Waals surface area contributed by atoms with Crippen molar-refractivity contribution in [3.05, 3.63) is 30.1 Å². The summed E-state index contributed by atoms with van der Waals surface area (Å²) in [6.45, 7) is 0. The van der Waals surface area contributed by atoms with Gasteiger partial charge in [0.1, 0.15) is 0 Å². The topological polar surface area (TPSA) is 20.2 Å². The van der Waals surface area contributed by atoms with Gasteiger partial charge in [-0.2, -0.15) is 0 Å². The first kappa shape index (κ1) is 8.24. The molecule has 0 aliphatic rings. The molecule has 50 valence electrons. The van der Waals surface area contributed by atoms with Gasteiger partial charge in [-0.1, -0.05) is 12.1 Å². The quantitative estimate of drug-likeness (QED) is 0.596. The molecule has 0 saturated heterocycles. The summed E-state index contributed by atoms with van der Waals surface area (Å²) in [5.74, 6) is -0.875. The highest BCUT2D eigenvalue weighted by molar-refractivity contribution is 5.85. The van der Waals surface area contributed by atoms with Gasteiger partial charge in [-0.25, -0.2) is 4.39 Å². The summed E-state index contributed by atoms with van der Waals surface area (Å²) in [6.07, 6.45) is 0. The second kappa shape index (κ2) is 3.30. The Bertz CT molecular complexity index is 169. The molecular weight excluding hydrogens is 143 g/mol. The fourth-order valence-electron chi connectivity index (χ4n) is 0.452. The van der Waals surface area contributed by atoms with Crippen LogP contribution in [0.25, 0.3) is 0 Å². The molecule has 0 fully saturated rings. The monoisotopic (exact) mass is 148 g/mol. The van der Waals surface area contributed by atoms with Crippen LogP contribution in [0.15, 0.2) is 24.3 Å². The fraction of sp³-hybridized carbons (Fsp3) is 0. The molecule has 1 rings (SSSR count). The molecule has 0 heterocycles. The first-order valence-corrected chi connectivity index (χ1v) is 2.24. The van der Waals surface area contributed by atoms with E-state index in [9.17, 15) is 4.39 Å². The molecule has 0 bridgehead atoms. The lowest BCUT2D eigenvalue weighted by Gasteiger charge is -1.88. The standard InChI is InChI=1S/C6H5FO.ClH/c7-5-3-1-2-4-6(5)8;/h1-4,8H;1H. The molecule has 9 heavy (non-hydrogen) atoms. The molecule has 0 radical (unpaired) electrons. The van der Waals surface area contributed by atoms with Crippen molar-refractivity contribution in [3.63, 3.8) is 0 Å². The molecule has 0 spiro atoms. The zero-order valence-corrected chi connectivity index (χ0v) is 5.36. The summed E-state index contributed by atoms with van der Waals surface area (Å²) >= 11 is 0. The summed E-state index contributed by atoms with van der Waals surface area (Å²) in [5.41, 5.74) is 0. The second-order valence-corrected chi connectivity index (χ2v) is 1.45. The van der Waals surface area contributed by atoms with Gasteiger partial charge in [0.15, 0.2) is 11.6 Å². The number of benzene rings is 1. The maximum Gasteiger partial charge on any atom is 0.164 e. The smallest absolute Gasteiger partial charge is 0.164 e. The summed E-state index contributed by atoms with van der Waals surface area (Å²) in [5, 5.41) is 8.54. The van der Waals surface area contributed by atoms with Gasteiger partial charge in [0.2, 0.25) is 0 Å². The molecule has 0 amide bonds. The first-order valence-electron chi connectivity index (χ1n) is 2.24. The van der Waals surface area contributed by atoms with E-state index < -0.39 is 5.82 Å². The molecule has 1 aromatic carbocycles. The van der Waals surface area contributed by atoms with Crippen molar-refractivity contribution >= 4 is 12.4 Å². The van der Waals surface area contributed by atoms with Gasteiger partial charge >= 0.3 is 0 Å². The maximum atomic E-state index is 12.1. The summed E-state index contributed by atoms with van der Waals surface area (Å²) < 4.78 is 12.1. The van der Waals surface area contributed by atoms with Gasteiger partial charge in [0.25, 0.3) is 0 Å². The number of hydrogen-bond acceptors (Lipinski definition) is 1. The largest absolute Gasteiger partial charge is 0.505 e. The van der Waals surface area contributed by atoms with E-state index in [0.717, 1.165) is 0 Å². The number of phenolic OH excluding ortho intramolecular Hbond substituents is 1. The van der Waals surface area contributed by atoms with Gasteiger partial charge in [-0.3, -0.25) is 0 Å². The Morgan fingerprint density at radius 2 is 1.78 bits per heavy atom. The lowest BCUT2D eigenvalue weighted by Crippen LogP contribution is -1.70. The number of halogens is 2. The highest BCUT2D eigenvalue weighted by Crippen LogP contribution is 2.11. The van der Waals surface area contributed by atoms with E-state index >= 15 is 0 Å². The lowest BCUT2D eigenvalue weighted by atomic mass is 10.3. The Morgan fingerprint density at radius 3 is 2.11 bits per heavy atom. The van der Waals surface area contributed by atoms with Crippen LogP contribution in [0.5, 0.6) is 5.75 Å². The van der Waals surface area contributed by atoms with Gasteiger partial charge in [-0.15, -0.1) is 12.4 Å². The number of aromatic hydroxyl groups is 1. The van der Waals surface area contributed by atoms with E-state index in [2.05, 4.69) is 0 Å². The van der Waals surface area contributed by atoms with E-state index in [0.29, 0.717) is 0 Å². The number of hydrogen-bond donors (Lipinski definition) is 1. The van der Waals surface area contributed by atoms with Crippen LogP contribution < -0.4 is 0 Å². The molecule has 1 aromatic rings. The average molecular weight is 149 g/mol. The minimum atomic E-state index is -0.576. The fourth-order valence-corrected chi connectivity index (χ4v) is 0.452. The van der Waals surface area contributed by atoms with Crippen LogP contribution in [0, 0.1) is 5.82 Å². The van der Waals surface area contributed by atoms with E-state index in [1.807, 2.05) is 0 Å². The van der Waals surface area contributed by atoms with Crippen LogP contribution >= 0.6 is 12.4 Å². The lowest BCUT2D eigenvalue weighted by molar-refractivity contribution is 0.432. The van der Waals surface area contributed by atoms with Crippen molar-refractivity contribution < 1.29 is 9.50 Å². The molecule has 0 aromatic heterocycles.